The summed E-state index contributed by atoms with van der Waals surface area (Å²) >= 11 is 0. The highest BCUT2D eigenvalue weighted by Crippen LogP contribution is 2.24. The number of nitrogens with one attached hydrogen (secondary N) is 1. The second-order valence-corrected chi connectivity index (χ2v) is 6.50. The lowest BCUT2D eigenvalue weighted by atomic mass is 9.94. The molecule has 1 fully saturated rings. The van der Waals surface area contributed by atoms with Crippen LogP contribution in [0.2, 0.25) is 0 Å². The first-order valence-electron chi connectivity index (χ1n) is 6.84. The van der Waals surface area contributed by atoms with Gasteiger partial charge in [-0.25, -0.2) is 0 Å². The average molecular weight is 256 g/mol. The molecule has 0 radical (unpaired) electrons. The Kier molecular flexibility index (Phi) is 5.17. The van der Waals surface area contributed by atoms with E-state index in [2.05, 4.69) is 33.0 Å². The summed E-state index contributed by atoms with van der Waals surface area (Å²) in [5, 5.41) is 3.35. The SMILES string of the molecule is COC1(C)CCCN(C(=O)CCNC(C)(C)C)C1. The van der Waals surface area contributed by atoms with E-state index >= 15 is 0 Å². The van der Waals surface area contributed by atoms with Gasteiger partial charge in [0.25, 0.3) is 0 Å². The van der Waals surface area contributed by atoms with Gasteiger partial charge in [0.1, 0.15) is 0 Å². The molecule has 0 spiro atoms. The molecule has 18 heavy (non-hydrogen) atoms. The maximum atomic E-state index is 12.1. The number of likely N-dealkylation sites (tertiary alicyclic amines) is 1. The number of nitrogens with zero attached hydrogens (tertiary/aromatic N) is 1. The van der Waals surface area contributed by atoms with Gasteiger partial charge in [-0.3, -0.25) is 4.79 Å². The van der Waals surface area contributed by atoms with Crippen LogP contribution in [-0.2, 0) is 9.53 Å². The van der Waals surface area contributed by atoms with Crippen molar-refractivity contribution in [1.82, 2.24) is 10.2 Å². The molecule has 1 unspecified atom stereocenters. The zero-order valence-corrected chi connectivity index (χ0v) is 12.5. The third-order valence-electron chi connectivity index (χ3n) is 3.50. The van der Waals surface area contributed by atoms with Gasteiger partial charge in [-0.1, -0.05) is 0 Å². The molecule has 1 heterocycles. The number of carbonyl (C=O) groups is 1. The molecule has 1 aliphatic rings. The second kappa shape index (κ2) is 6.02. The van der Waals surface area contributed by atoms with E-state index in [0.717, 1.165) is 32.5 Å². The standard InChI is InChI=1S/C14H28N2O2/c1-13(2,3)15-9-7-12(17)16-10-6-8-14(4,11-16)18-5/h15H,6-11H2,1-5H3. The largest absolute Gasteiger partial charge is 0.377 e. The van der Waals surface area contributed by atoms with Crippen LogP contribution in [0, 0.1) is 0 Å². The van der Waals surface area contributed by atoms with Crippen molar-refractivity contribution in [2.45, 2.75) is 58.1 Å². The van der Waals surface area contributed by atoms with Crippen LogP contribution >= 0.6 is 0 Å². The normalized spacial score (nSPS) is 25.3. The number of piperidine rings is 1. The van der Waals surface area contributed by atoms with Gasteiger partial charge in [-0.15, -0.1) is 0 Å². The number of methoxy groups -OCH3 is 1. The van der Waals surface area contributed by atoms with Crippen molar-refractivity contribution in [2.24, 2.45) is 0 Å². The lowest BCUT2D eigenvalue weighted by Gasteiger charge is -2.39. The molecule has 1 N–H and O–H groups in total. The number of rotatable bonds is 4. The van der Waals surface area contributed by atoms with Crippen molar-refractivity contribution < 1.29 is 9.53 Å². The summed E-state index contributed by atoms with van der Waals surface area (Å²) in [6.07, 6.45) is 2.63. The molecule has 4 nitrogen and oxygen atoms in total. The molecule has 1 atom stereocenters. The van der Waals surface area contributed by atoms with Gasteiger partial charge in [0.15, 0.2) is 0 Å². The van der Waals surface area contributed by atoms with E-state index in [4.69, 9.17) is 4.74 Å². The molecule has 1 saturated heterocycles. The molecular formula is C14H28N2O2. The Bertz CT molecular complexity index is 286. The lowest BCUT2D eigenvalue weighted by Crippen LogP contribution is -2.50. The fraction of sp³-hybridized carbons (Fsp3) is 0.929. The van der Waals surface area contributed by atoms with Crippen LogP contribution in [-0.4, -0.2) is 48.7 Å². The minimum absolute atomic E-state index is 0.0726. The minimum atomic E-state index is -0.161. The average Bonchev–Trinajstić information content (AvgIpc) is 2.27. The summed E-state index contributed by atoms with van der Waals surface area (Å²) in [5.41, 5.74) is -0.0887. The number of ether oxygens (including phenoxy) is 1. The Balaban J connectivity index is 2.38. The fourth-order valence-electron chi connectivity index (χ4n) is 2.29. The second-order valence-electron chi connectivity index (χ2n) is 6.50. The Morgan fingerprint density at radius 3 is 2.67 bits per heavy atom. The van der Waals surface area contributed by atoms with Crippen molar-refractivity contribution in [2.75, 3.05) is 26.7 Å². The molecular weight excluding hydrogens is 228 g/mol. The smallest absolute Gasteiger partial charge is 0.223 e. The fourth-order valence-corrected chi connectivity index (χ4v) is 2.29. The van der Waals surface area contributed by atoms with Crippen molar-refractivity contribution in [3.63, 3.8) is 0 Å². The molecule has 0 aromatic carbocycles. The van der Waals surface area contributed by atoms with E-state index in [9.17, 15) is 4.79 Å². The van der Waals surface area contributed by atoms with Crippen molar-refractivity contribution in [1.29, 1.82) is 0 Å². The maximum Gasteiger partial charge on any atom is 0.223 e. The highest BCUT2D eigenvalue weighted by molar-refractivity contribution is 5.76. The summed E-state index contributed by atoms with van der Waals surface area (Å²) in [6, 6.07) is 0. The van der Waals surface area contributed by atoms with Crippen LogP contribution in [0.25, 0.3) is 0 Å². The molecule has 1 rings (SSSR count). The van der Waals surface area contributed by atoms with Crippen LogP contribution in [0.4, 0.5) is 0 Å². The van der Waals surface area contributed by atoms with Crippen LogP contribution in [0.1, 0.15) is 47.0 Å². The molecule has 0 saturated carbocycles. The highest BCUT2D eigenvalue weighted by atomic mass is 16.5. The van der Waals surface area contributed by atoms with Gasteiger partial charge in [-0.05, 0) is 40.5 Å². The first-order chi connectivity index (χ1) is 8.26. The van der Waals surface area contributed by atoms with Gasteiger partial charge in [0.2, 0.25) is 5.91 Å². The van der Waals surface area contributed by atoms with E-state index in [1.807, 2.05) is 4.90 Å². The van der Waals surface area contributed by atoms with E-state index in [1.54, 1.807) is 7.11 Å². The van der Waals surface area contributed by atoms with Crippen LogP contribution in [0.5, 0.6) is 0 Å². The summed E-state index contributed by atoms with van der Waals surface area (Å²) in [6.45, 7) is 10.7. The molecule has 106 valence electrons. The monoisotopic (exact) mass is 256 g/mol. The number of hydrogen-bond donors (Lipinski definition) is 1. The minimum Gasteiger partial charge on any atom is -0.377 e. The highest BCUT2D eigenvalue weighted by Gasteiger charge is 2.32. The maximum absolute atomic E-state index is 12.1. The van der Waals surface area contributed by atoms with Crippen molar-refractivity contribution >= 4 is 5.91 Å². The number of hydrogen-bond acceptors (Lipinski definition) is 3. The molecule has 0 aromatic heterocycles. The first kappa shape index (κ1) is 15.4. The topological polar surface area (TPSA) is 41.6 Å². The Labute approximate surface area is 111 Å². The third kappa shape index (κ3) is 4.94. The van der Waals surface area contributed by atoms with E-state index in [0.29, 0.717) is 6.42 Å². The Morgan fingerprint density at radius 2 is 2.11 bits per heavy atom. The van der Waals surface area contributed by atoms with Gasteiger partial charge in [0.05, 0.1) is 5.60 Å². The molecule has 4 heteroatoms. The zero-order valence-electron chi connectivity index (χ0n) is 12.5. The van der Waals surface area contributed by atoms with Crippen LogP contribution in [0.3, 0.4) is 0 Å². The predicted molar refractivity (Wildman–Crippen MR) is 73.6 cm³/mol. The zero-order chi connectivity index (χ0) is 13.8. The summed E-state index contributed by atoms with van der Waals surface area (Å²) in [7, 11) is 1.73. The Hall–Kier alpha value is -0.610. The number of amides is 1. The van der Waals surface area contributed by atoms with Gasteiger partial charge < -0.3 is 15.0 Å². The van der Waals surface area contributed by atoms with E-state index in [1.165, 1.54) is 0 Å². The molecule has 1 aliphatic heterocycles. The Morgan fingerprint density at radius 1 is 1.44 bits per heavy atom. The summed E-state index contributed by atoms with van der Waals surface area (Å²) < 4.78 is 5.51. The lowest BCUT2D eigenvalue weighted by molar-refractivity contribution is -0.139. The molecule has 1 amide bonds. The van der Waals surface area contributed by atoms with E-state index < -0.39 is 0 Å². The van der Waals surface area contributed by atoms with Crippen LogP contribution in [0.15, 0.2) is 0 Å². The molecule has 0 bridgehead atoms. The quantitative estimate of drug-likeness (QED) is 0.834. The number of carbonyl (C=O) groups excluding carboxylic acids is 1. The van der Waals surface area contributed by atoms with Gasteiger partial charge in [-0.2, -0.15) is 0 Å². The van der Waals surface area contributed by atoms with Crippen LogP contribution < -0.4 is 5.32 Å². The predicted octanol–water partition coefficient (Wildman–Crippen LogP) is 1.79. The first-order valence-corrected chi connectivity index (χ1v) is 6.84. The third-order valence-corrected chi connectivity index (χ3v) is 3.50. The van der Waals surface area contributed by atoms with E-state index in [-0.39, 0.29) is 17.0 Å². The summed E-state index contributed by atoms with van der Waals surface area (Å²) in [5.74, 6) is 0.231. The van der Waals surface area contributed by atoms with Crippen molar-refractivity contribution in [3.05, 3.63) is 0 Å². The molecule has 0 aliphatic carbocycles. The molecule has 0 aromatic rings. The van der Waals surface area contributed by atoms with Crippen molar-refractivity contribution in [3.8, 4) is 0 Å². The van der Waals surface area contributed by atoms with Gasteiger partial charge >= 0.3 is 0 Å². The van der Waals surface area contributed by atoms with Gasteiger partial charge in [0, 0.05) is 38.7 Å². The summed E-state index contributed by atoms with van der Waals surface area (Å²) in [4.78, 5) is 14.1.